The number of fused-ring (bicyclic) bond motifs is 1. The number of likely N-dealkylation sites (N-methyl/N-ethyl adjacent to an activating group) is 1. The van der Waals surface area contributed by atoms with Gasteiger partial charge in [-0.1, -0.05) is 55.5 Å². The Hall–Kier alpha value is -4.37. The predicted octanol–water partition coefficient (Wildman–Crippen LogP) is 4.18. The highest BCUT2D eigenvalue weighted by molar-refractivity contribution is 5.93. The van der Waals surface area contributed by atoms with Crippen LogP contribution in [0.25, 0.3) is 0 Å². The molecule has 0 unspecified atom stereocenters. The second-order valence-electron chi connectivity index (χ2n) is 10.6. The molecular formula is C32H38N4O5. The van der Waals surface area contributed by atoms with Gasteiger partial charge < -0.3 is 30.3 Å². The molecule has 3 N–H and O–H groups in total. The van der Waals surface area contributed by atoms with Gasteiger partial charge >= 0.3 is 6.03 Å². The maximum atomic E-state index is 13.4. The number of urea groups is 1. The van der Waals surface area contributed by atoms with Gasteiger partial charge in [0.15, 0.2) is 0 Å². The second kappa shape index (κ2) is 13.8. The number of nitrogens with one attached hydrogen (secondary N) is 2. The van der Waals surface area contributed by atoms with E-state index < -0.39 is 6.10 Å². The summed E-state index contributed by atoms with van der Waals surface area (Å²) in [5.41, 5.74) is 2.77. The Balaban J connectivity index is 1.56. The van der Waals surface area contributed by atoms with Crippen molar-refractivity contribution in [1.29, 1.82) is 0 Å². The highest BCUT2D eigenvalue weighted by atomic mass is 16.5. The molecule has 3 aromatic carbocycles. The first-order chi connectivity index (χ1) is 19.7. The van der Waals surface area contributed by atoms with Gasteiger partial charge in [-0.05, 0) is 42.8 Å². The molecule has 1 heterocycles. The van der Waals surface area contributed by atoms with Crippen molar-refractivity contribution in [2.45, 2.75) is 38.8 Å². The summed E-state index contributed by atoms with van der Waals surface area (Å²) < 4.78 is 6.49. The molecule has 4 rings (SSSR count). The van der Waals surface area contributed by atoms with Crippen LogP contribution in [0.15, 0.2) is 78.9 Å². The molecule has 1 aliphatic heterocycles. The maximum absolute atomic E-state index is 13.4. The van der Waals surface area contributed by atoms with Crippen molar-refractivity contribution in [3.8, 4) is 5.75 Å². The van der Waals surface area contributed by atoms with Crippen LogP contribution in [0.4, 0.5) is 16.2 Å². The zero-order chi connectivity index (χ0) is 29.4. The standard InChI is InChI=1S/C32H38N4O5/c1-22-19-36(23(2)21-37)31(39)18-25-17-27(33-30(38)16-24-10-6-4-7-11-24)14-15-28(25)41-29(22)20-35(3)32(40)34-26-12-8-5-9-13-26/h4-15,17,22-23,29,37H,16,18-21H2,1-3H3,(H,33,38)(H,34,40)/t22-,23+,29+/m0/s1. The molecule has 3 aromatic rings. The summed E-state index contributed by atoms with van der Waals surface area (Å²) >= 11 is 0. The van der Waals surface area contributed by atoms with Gasteiger partial charge in [0, 0.05) is 36.4 Å². The molecule has 0 aliphatic carbocycles. The first-order valence-electron chi connectivity index (χ1n) is 13.8. The zero-order valence-corrected chi connectivity index (χ0v) is 23.7. The average Bonchev–Trinajstić information content (AvgIpc) is 3.01. The molecule has 0 aromatic heterocycles. The van der Waals surface area contributed by atoms with E-state index in [0.29, 0.717) is 29.2 Å². The average molecular weight is 559 g/mol. The molecule has 0 saturated carbocycles. The Morgan fingerprint density at radius 3 is 2.39 bits per heavy atom. The normalized spacial score (nSPS) is 17.7. The van der Waals surface area contributed by atoms with Gasteiger partial charge in [0.1, 0.15) is 11.9 Å². The first kappa shape index (κ1) is 29.6. The van der Waals surface area contributed by atoms with Crippen LogP contribution in [-0.2, 0) is 22.4 Å². The molecule has 0 radical (unpaired) electrons. The molecule has 3 atom stereocenters. The van der Waals surface area contributed by atoms with Crippen LogP contribution in [0.5, 0.6) is 5.75 Å². The van der Waals surface area contributed by atoms with E-state index in [1.54, 1.807) is 42.0 Å². The lowest BCUT2D eigenvalue weighted by molar-refractivity contribution is -0.134. The number of carbonyl (C=O) groups is 3. The topological polar surface area (TPSA) is 111 Å². The quantitative estimate of drug-likeness (QED) is 0.384. The number of amides is 4. The number of ether oxygens (including phenoxy) is 1. The number of aliphatic hydroxyl groups is 1. The fourth-order valence-corrected chi connectivity index (χ4v) is 4.80. The van der Waals surface area contributed by atoms with E-state index in [4.69, 9.17) is 4.74 Å². The molecule has 41 heavy (non-hydrogen) atoms. The monoisotopic (exact) mass is 558 g/mol. The molecule has 0 fully saturated rings. The third-order valence-electron chi connectivity index (χ3n) is 7.23. The Kier molecular flexibility index (Phi) is 9.97. The molecule has 216 valence electrons. The summed E-state index contributed by atoms with van der Waals surface area (Å²) in [5, 5.41) is 15.7. The van der Waals surface area contributed by atoms with Crippen LogP contribution >= 0.6 is 0 Å². The van der Waals surface area contributed by atoms with Crippen LogP contribution in [-0.4, -0.2) is 71.6 Å². The number of carbonyl (C=O) groups excluding carboxylic acids is 3. The van der Waals surface area contributed by atoms with Gasteiger partial charge in [-0.2, -0.15) is 0 Å². The van der Waals surface area contributed by atoms with Gasteiger partial charge in [-0.3, -0.25) is 9.59 Å². The number of aliphatic hydroxyl groups excluding tert-OH is 1. The van der Waals surface area contributed by atoms with Crippen LogP contribution in [0.2, 0.25) is 0 Å². The number of anilines is 2. The summed E-state index contributed by atoms with van der Waals surface area (Å²) in [6, 6.07) is 23.3. The van der Waals surface area contributed by atoms with Crippen molar-refractivity contribution < 1.29 is 24.2 Å². The van der Waals surface area contributed by atoms with E-state index in [1.165, 1.54) is 0 Å². The van der Waals surface area contributed by atoms with Gasteiger partial charge in [0.2, 0.25) is 11.8 Å². The predicted molar refractivity (Wildman–Crippen MR) is 159 cm³/mol. The third-order valence-corrected chi connectivity index (χ3v) is 7.23. The van der Waals surface area contributed by atoms with E-state index in [9.17, 15) is 19.5 Å². The van der Waals surface area contributed by atoms with Crippen molar-refractivity contribution >= 4 is 29.2 Å². The molecule has 9 nitrogen and oxygen atoms in total. The Bertz CT molecular complexity index is 1330. The van der Waals surface area contributed by atoms with Crippen LogP contribution in [0, 0.1) is 5.92 Å². The maximum Gasteiger partial charge on any atom is 0.321 e. The molecule has 0 bridgehead atoms. The highest BCUT2D eigenvalue weighted by Gasteiger charge is 2.32. The molecule has 9 heteroatoms. The minimum atomic E-state index is -0.446. The molecule has 4 amide bonds. The number of rotatable bonds is 8. The first-order valence-corrected chi connectivity index (χ1v) is 13.8. The Morgan fingerprint density at radius 2 is 1.71 bits per heavy atom. The third kappa shape index (κ3) is 8.08. The number of benzene rings is 3. The van der Waals surface area contributed by atoms with Gasteiger partial charge in [-0.25, -0.2) is 4.79 Å². The van der Waals surface area contributed by atoms with E-state index in [-0.39, 0.29) is 55.8 Å². The van der Waals surface area contributed by atoms with Crippen molar-refractivity contribution in [3.05, 3.63) is 90.0 Å². The summed E-state index contributed by atoms with van der Waals surface area (Å²) in [6.45, 7) is 4.23. The minimum Gasteiger partial charge on any atom is -0.488 e. The van der Waals surface area contributed by atoms with Crippen LogP contribution < -0.4 is 15.4 Å². The lowest BCUT2D eigenvalue weighted by atomic mass is 10.0. The minimum absolute atomic E-state index is 0.0475. The lowest BCUT2D eigenvalue weighted by Crippen LogP contribution is -2.48. The number of hydrogen-bond acceptors (Lipinski definition) is 5. The van der Waals surface area contributed by atoms with Crippen molar-refractivity contribution in [2.24, 2.45) is 5.92 Å². The summed E-state index contributed by atoms with van der Waals surface area (Å²) in [4.78, 5) is 42.3. The number of para-hydroxylation sites is 1. The van der Waals surface area contributed by atoms with Crippen molar-refractivity contribution in [3.63, 3.8) is 0 Å². The molecule has 1 aliphatic rings. The molecule has 0 saturated heterocycles. The summed E-state index contributed by atoms with van der Waals surface area (Å²) in [5.74, 6) is 0.0501. The van der Waals surface area contributed by atoms with Gasteiger partial charge in [0.05, 0.1) is 32.0 Å². The number of hydrogen-bond donors (Lipinski definition) is 3. The van der Waals surface area contributed by atoms with Gasteiger partial charge in [0.25, 0.3) is 0 Å². The van der Waals surface area contributed by atoms with Crippen LogP contribution in [0.3, 0.4) is 0 Å². The van der Waals surface area contributed by atoms with E-state index >= 15 is 0 Å². The summed E-state index contributed by atoms with van der Waals surface area (Å²) in [7, 11) is 1.70. The largest absolute Gasteiger partial charge is 0.488 e. The van der Waals surface area contributed by atoms with Gasteiger partial charge in [-0.15, -0.1) is 0 Å². The van der Waals surface area contributed by atoms with Crippen molar-refractivity contribution in [1.82, 2.24) is 9.80 Å². The van der Waals surface area contributed by atoms with E-state index in [0.717, 1.165) is 5.56 Å². The van der Waals surface area contributed by atoms with Crippen molar-refractivity contribution in [2.75, 3.05) is 37.4 Å². The summed E-state index contributed by atoms with van der Waals surface area (Å²) in [6.07, 6.45) is -0.170. The number of nitrogens with zero attached hydrogens (tertiary/aromatic N) is 2. The van der Waals surface area contributed by atoms with Crippen LogP contribution in [0.1, 0.15) is 25.0 Å². The Labute approximate surface area is 241 Å². The fourth-order valence-electron chi connectivity index (χ4n) is 4.80. The van der Waals surface area contributed by atoms with E-state index in [1.807, 2.05) is 67.6 Å². The zero-order valence-electron chi connectivity index (χ0n) is 23.7. The molecular weight excluding hydrogens is 520 g/mol. The molecule has 0 spiro atoms. The Morgan fingerprint density at radius 1 is 1.02 bits per heavy atom. The lowest BCUT2D eigenvalue weighted by Gasteiger charge is -2.34. The smallest absolute Gasteiger partial charge is 0.321 e. The SMILES string of the molecule is C[C@H](CO)N1C[C@H](C)[C@@H](CN(C)C(=O)Nc2ccccc2)Oc2ccc(NC(=O)Cc3ccccc3)cc2CC1=O. The fraction of sp³-hybridized carbons (Fsp3) is 0.344. The highest BCUT2D eigenvalue weighted by Crippen LogP contribution is 2.29. The second-order valence-corrected chi connectivity index (χ2v) is 10.6. The van der Waals surface area contributed by atoms with E-state index in [2.05, 4.69) is 10.6 Å².